The Balaban J connectivity index is 1.99. The number of rotatable bonds is 3. The smallest absolute Gasteiger partial charge is 0.350 e. The Morgan fingerprint density at radius 2 is 2.24 bits per heavy atom. The van der Waals surface area contributed by atoms with Crippen molar-refractivity contribution in [3.8, 4) is 0 Å². The van der Waals surface area contributed by atoms with Crippen molar-refractivity contribution in [1.82, 2.24) is 0 Å². The molecule has 0 aliphatic rings. The summed E-state index contributed by atoms with van der Waals surface area (Å²) in [5.74, 6) is -0.362. The Morgan fingerprint density at radius 3 is 2.88 bits per heavy atom. The molecule has 0 amide bonds. The molecular formula is C13H13NO2S. The Morgan fingerprint density at radius 1 is 1.41 bits per heavy atom. The fourth-order valence-corrected chi connectivity index (χ4v) is 2.21. The van der Waals surface area contributed by atoms with Crippen molar-refractivity contribution >= 4 is 23.0 Å². The van der Waals surface area contributed by atoms with E-state index in [2.05, 4.69) is 0 Å². The van der Waals surface area contributed by atoms with Crippen molar-refractivity contribution in [2.45, 2.75) is 13.5 Å². The molecule has 1 aromatic heterocycles. The average Bonchev–Trinajstić information content (AvgIpc) is 2.72. The van der Waals surface area contributed by atoms with Crippen molar-refractivity contribution < 1.29 is 9.53 Å². The molecular weight excluding hydrogens is 234 g/mol. The number of hydrogen-bond acceptors (Lipinski definition) is 4. The fraction of sp³-hybridized carbons (Fsp3) is 0.154. The standard InChI is InChI=1S/C13H13NO2S/c1-9-3-2-4-10(7-9)8-16-13(15)12-11(14)5-6-17-12/h2-7H,8,14H2,1H3. The van der Waals surface area contributed by atoms with Crippen LogP contribution < -0.4 is 5.73 Å². The molecule has 88 valence electrons. The second-order valence-electron chi connectivity index (χ2n) is 3.77. The van der Waals surface area contributed by atoms with Crippen LogP contribution in [0.4, 0.5) is 5.69 Å². The Kier molecular flexibility index (Phi) is 3.44. The third kappa shape index (κ3) is 2.85. The number of carbonyl (C=O) groups is 1. The van der Waals surface area contributed by atoms with Crippen LogP contribution in [-0.2, 0) is 11.3 Å². The molecule has 0 unspecified atom stereocenters. The third-order valence-corrected chi connectivity index (χ3v) is 3.24. The number of esters is 1. The van der Waals surface area contributed by atoms with Gasteiger partial charge in [0, 0.05) is 0 Å². The number of ether oxygens (including phenoxy) is 1. The maximum Gasteiger partial charge on any atom is 0.350 e. The van der Waals surface area contributed by atoms with Gasteiger partial charge in [0.25, 0.3) is 0 Å². The van der Waals surface area contributed by atoms with Gasteiger partial charge in [0.2, 0.25) is 0 Å². The minimum Gasteiger partial charge on any atom is -0.457 e. The zero-order valence-electron chi connectivity index (χ0n) is 9.47. The van der Waals surface area contributed by atoms with Gasteiger partial charge < -0.3 is 10.5 Å². The average molecular weight is 247 g/mol. The van der Waals surface area contributed by atoms with Crippen LogP contribution in [0.5, 0.6) is 0 Å². The highest BCUT2D eigenvalue weighted by molar-refractivity contribution is 7.12. The number of carbonyl (C=O) groups excluding carboxylic acids is 1. The second kappa shape index (κ2) is 5.01. The van der Waals surface area contributed by atoms with Gasteiger partial charge in [-0.2, -0.15) is 0 Å². The van der Waals surface area contributed by atoms with Gasteiger partial charge in [0.05, 0.1) is 5.69 Å². The highest BCUT2D eigenvalue weighted by atomic mass is 32.1. The predicted octanol–water partition coefficient (Wildman–Crippen LogP) is 3.00. The van der Waals surface area contributed by atoms with E-state index in [0.29, 0.717) is 10.6 Å². The van der Waals surface area contributed by atoms with Crippen LogP contribution in [0.3, 0.4) is 0 Å². The zero-order valence-corrected chi connectivity index (χ0v) is 10.3. The summed E-state index contributed by atoms with van der Waals surface area (Å²) in [6, 6.07) is 9.57. The summed E-state index contributed by atoms with van der Waals surface area (Å²) in [5.41, 5.74) is 8.25. The molecule has 0 bridgehead atoms. The number of anilines is 1. The SMILES string of the molecule is Cc1cccc(COC(=O)c2sccc2N)c1. The lowest BCUT2D eigenvalue weighted by Crippen LogP contribution is -2.05. The maximum atomic E-state index is 11.7. The van der Waals surface area contributed by atoms with Crippen LogP contribution in [0.25, 0.3) is 0 Å². The van der Waals surface area contributed by atoms with Crippen molar-refractivity contribution in [3.63, 3.8) is 0 Å². The molecule has 4 heteroatoms. The normalized spacial score (nSPS) is 10.2. The molecule has 0 saturated carbocycles. The summed E-state index contributed by atoms with van der Waals surface area (Å²) in [5, 5.41) is 1.78. The van der Waals surface area contributed by atoms with Crippen LogP contribution in [0, 0.1) is 6.92 Å². The second-order valence-corrected chi connectivity index (χ2v) is 4.69. The first kappa shape index (κ1) is 11.7. The van der Waals surface area contributed by atoms with Crippen molar-refractivity contribution in [2.24, 2.45) is 0 Å². The monoisotopic (exact) mass is 247 g/mol. The molecule has 0 spiro atoms. The van der Waals surface area contributed by atoms with Gasteiger partial charge in [-0.05, 0) is 23.9 Å². The third-order valence-electron chi connectivity index (χ3n) is 2.33. The van der Waals surface area contributed by atoms with Gasteiger partial charge >= 0.3 is 5.97 Å². The van der Waals surface area contributed by atoms with Crippen molar-refractivity contribution in [3.05, 3.63) is 51.7 Å². The summed E-state index contributed by atoms with van der Waals surface area (Å²) in [7, 11) is 0. The number of nitrogens with two attached hydrogens (primary N) is 1. The largest absolute Gasteiger partial charge is 0.457 e. The summed E-state index contributed by atoms with van der Waals surface area (Å²) in [6.07, 6.45) is 0. The van der Waals surface area contributed by atoms with E-state index in [0.717, 1.165) is 11.1 Å². The van der Waals surface area contributed by atoms with Gasteiger partial charge in [0.1, 0.15) is 11.5 Å². The first-order valence-electron chi connectivity index (χ1n) is 5.22. The van der Waals surface area contributed by atoms with Crippen molar-refractivity contribution in [2.75, 3.05) is 5.73 Å². The summed E-state index contributed by atoms with van der Waals surface area (Å²) < 4.78 is 5.20. The quantitative estimate of drug-likeness (QED) is 0.848. The molecule has 0 atom stereocenters. The number of nitrogen functional groups attached to an aromatic ring is 1. The number of aryl methyl sites for hydroxylation is 1. The molecule has 17 heavy (non-hydrogen) atoms. The molecule has 2 rings (SSSR count). The van der Waals surface area contributed by atoms with Gasteiger partial charge in [-0.3, -0.25) is 0 Å². The molecule has 1 aromatic carbocycles. The van der Waals surface area contributed by atoms with Crippen LogP contribution in [-0.4, -0.2) is 5.97 Å². The van der Waals surface area contributed by atoms with Gasteiger partial charge in [-0.15, -0.1) is 11.3 Å². The Labute approximate surface area is 104 Å². The summed E-state index contributed by atoms with van der Waals surface area (Å²) >= 11 is 1.30. The fourth-order valence-electron chi connectivity index (χ4n) is 1.50. The first-order chi connectivity index (χ1) is 8.16. The highest BCUT2D eigenvalue weighted by Crippen LogP contribution is 2.20. The number of thiophene rings is 1. The minimum absolute atomic E-state index is 0.276. The summed E-state index contributed by atoms with van der Waals surface area (Å²) in [6.45, 7) is 2.28. The van der Waals surface area contributed by atoms with E-state index in [-0.39, 0.29) is 12.6 Å². The molecule has 0 aliphatic heterocycles. The number of hydrogen-bond donors (Lipinski definition) is 1. The maximum absolute atomic E-state index is 11.7. The van der Waals surface area contributed by atoms with Crippen LogP contribution in [0.1, 0.15) is 20.8 Å². The first-order valence-corrected chi connectivity index (χ1v) is 6.10. The van der Waals surface area contributed by atoms with E-state index in [1.165, 1.54) is 11.3 Å². The molecule has 2 aromatic rings. The zero-order chi connectivity index (χ0) is 12.3. The molecule has 0 saturated heterocycles. The molecule has 0 fully saturated rings. The topological polar surface area (TPSA) is 52.3 Å². The van der Waals surface area contributed by atoms with Crippen LogP contribution in [0.15, 0.2) is 35.7 Å². The Hall–Kier alpha value is -1.81. The number of benzene rings is 1. The minimum atomic E-state index is -0.362. The summed E-state index contributed by atoms with van der Waals surface area (Å²) in [4.78, 5) is 12.2. The van der Waals surface area contributed by atoms with Crippen molar-refractivity contribution in [1.29, 1.82) is 0 Å². The van der Waals surface area contributed by atoms with E-state index in [9.17, 15) is 4.79 Å². The van der Waals surface area contributed by atoms with Gasteiger partial charge in [0.15, 0.2) is 0 Å². The lowest BCUT2D eigenvalue weighted by atomic mass is 10.1. The van der Waals surface area contributed by atoms with E-state index in [1.54, 1.807) is 11.4 Å². The molecule has 2 N–H and O–H groups in total. The van der Waals surface area contributed by atoms with E-state index >= 15 is 0 Å². The van der Waals surface area contributed by atoms with E-state index in [4.69, 9.17) is 10.5 Å². The molecule has 3 nitrogen and oxygen atoms in total. The van der Waals surface area contributed by atoms with Gasteiger partial charge in [-0.25, -0.2) is 4.79 Å². The molecule has 0 radical (unpaired) electrons. The highest BCUT2D eigenvalue weighted by Gasteiger charge is 2.12. The van der Waals surface area contributed by atoms with Gasteiger partial charge in [-0.1, -0.05) is 29.8 Å². The van der Waals surface area contributed by atoms with Crippen LogP contribution in [0.2, 0.25) is 0 Å². The molecule has 0 aliphatic carbocycles. The molecule has 1 heterocycles. The van der Waals surface area contributed by atoms with E-state index < -0.39 is 0 Å². The lowest BCUT2D eigenvalue weighted by molar-refractivity contribution is 0.0479. The van der Waals surface area contributed by atoms with E-state index in [1.807, 2.05) is 31.2 Å². The Bertz CT molecular complexity index is 534. The van der Waals surface area contributed by atoms with Crippen LogP contribution >= 0.6 is 11.3 Å². The lowest BCUT2D eigenvalue weighted by Gasteiger charge is -2.04. The predicted molar refractivity (Wildman–Crippen MR) is 69.0 cm³/mol.